The summed E-state index contributed by atoms with van der Waals surface area (Å²) in [7, 11) is 13.9. The van der Waals surface area contributed by atoms with Crippen LogP contribution in [0, 0.1) is 20.8 Å². The molecule has 0 aliphatic rings. The molecule has 0 fully saturated rings. The third-order valence-corrected chi connectivity index (χ3v) is 21.6. The van der Waals surface area contributed by atoms with Gasteiger partial charge in [0.2, 0.25) is 0 Å². The second-order valence-electron chi connectivity index (χ2n) is 6.22. The van der Waals surface area contributed by atoms with E-state index in [2.05, 4.69) is 93.6 Å². The van der Waals surface area contributed by atoms with E-state index >= 15 is 0 Å². The van der Waals surface area contributed by atoms with Crippen LogP contribution in [0.15, 0.2) is 72.8 Å². The minimum atomic E-state index is -2.49. The number of hydrogen-bond acceptors (Lipinski definition) is 0. The van der Waals surface area contributed by atoms with Crippen molar-refractivity contribution in [2.24, 2.45) is 0 Å². The normalized spacial score (nSPS) is 12.8. The average Bonchev–Trinajstić information content (AvgIpc) is 2.59. The van der Waals surface area contributed by atoms with Crippen LogP contribution in [0.25, 0.3) is 0 Å². The summed E-state index contributed by atoms with van der Waals surface area (Å²) in [5.41, 5.74) is 1.33. The molecule has 0 saturated heterocycles. The summed E-state index contributed by atoms with van der Waals surface area (Å²) in [6.45, 7) is 6.53. The van der Waals surface area contributed by atoms with Gasteiger partial charge in [-0.1, -0.05) is 0 Å². The molecule has 0 heterocycles. The predicted octanol–water partition coefficient (Wildman–Crippen LogP) is 5.48. The van der Waals surface area contributed by atoms with E-state index in [1.165, 1.54) is 32.6 Å². The summed E-state index contributed by atoms with van der Waals surface area (Å²) in [5, 5.41) is 4.01. The number of hydrogen-bond donors (Lipinski definition) is 0. The first-order chi connectivity index (χ1) is 12.0. The van der Waals surface area contributed by atoms with Gasteiger partial charge in [-0.15, -0.1) is 0 Å². The predicted molar refractivity (Wildman–Crippen MR) is 112 cm³/mol. The molecule has 0 radical (unpaired) electrons. The zero-order valence-corrected chi connectivity index (χ0v) is 18.6. The monoisotopic (exact) mass is 481 g/mol. The quantitative estimate of drug-likeness (QED) is 0.341. The van der Waals surface area contributed by atoms with Crippen molar-refractivity contribution < 1.29 is 14.2 Å². The summed E-state index contributed by atoms with van der Waals surface area (Å²) in [5.74, 6) is 0. The molecule has 135 valence electrons. The van der Waals surface area contributed by atoms with Crippen LogP contribution in [0.1, 0.15) is 16.7 Å². The molecule has 0 spiro atoms. The van der Waals surface area contributed by atoms with Gasteiger partial charge < -0.3 is 0 Å². The zero-order valence-electron chi connectivity index (χ0n) is 14.5. The molecule has 3 rings (SSSR count). The Morgan fingerprint density at radius 2 is 0.840 bits per heavy atom. The zero-order chi connectivity index (χ0) is 18.0. The molecule has 0 N–H and O–H groups in total. The van der Waals surface area contributed by atoms with E-state index in [1.807, 2.05) is 0 Å². The Kier molecular flexibility index (Phi) is 6.05. The van der Waals surface area contributed by atoms with Crippen LogP contribution in [0.4, 0.5) is 0 Å². The van der Waals surface area contributed by atoms with Gasteiger partial charge in [-0.3, -0.25) is 0 Å². The topological polar surface area (TPSA) is 0 Å². The second-order valence-corrected chi connectivity index (χ2v) is 21.2. The Balaban J connectivity index is 2.49. The van der Waals surface area contributed by atoms with E-state index in [-0.39, 0.29) is 0 Å². The first kappa shape index (κ1) is 19.1. The van der Waals surface area contributed by atoms with Crippen LogP contribution in [-0.4, -0.2) is 0 Å². The van der Waals surface area contributed by atoms with Crippen molar-refractivity contribution in [1.29, 1.82) is 0 Å². The summed E-state index contributed by atoms with van der Waals surface area (Å²) < 4.78 is 0. The van der Waals surface area contributed by atoms with E-state index in [9.17, 15) is 0 Å². The Labute approximate surface area is 164 Å². The summed E-state index contributed by atoms with van der Waals surface area (Å²) in [4.78, 5) is 0. The van der Waals surface area contributed by atoms with Crippen molar-refractivity contribution in [3.8, 4) is 0 Å². The average molecular weight is 483 g/mol. The van der Waals surface area contributed by atoms with Crippen molar-refractivity contribution in [2.45, 2.75) is 20.8 Å². The Bertz CT molecular complexity index is 781. The van der Waals surface area contributed by atoms with Crippen molar-refractivity contribution >= 4 is 40.4 Å². The number of benzene rings is 3. The molecule has 0 bridgehead atoms. The van der Waals surface area contributed by atoms with Gasteiger partial charge in [-0.05, 0) is 0 Å². The standard InChI is InChI=1S/C21H21P.2ClH.Pd/c1-16-10-4-7-13-19(16)22(20-14-8-5-11-17(20)2)21-15-9-6-12-18(21)3;;;/h4-15H,1-3H3;2*1H;/q;;;+1/p-1. The molecule has 25 heavy (non-hydrogen) atoms. The van der Waals surface area contributed by atoms with Gasteiger partial charge in [-0.2, -0.15) is 0 Å². The van der Waals surface area contributed by atoms with Gasteiger partial charge in [0.25, 0.3) is 0 Å². The van der Waals surface area contributed by atoms with Gasteiger partial charge in [0.1, 0.15) is 0 Å². The fraction of sp³-hybridized carbons (Fsp3) is 0.143. The molecule has 4 heteroatoms. The van der Waals surface area contributed by atoms with Crippen molar-refractivity contribution in [1.82, 2.24) is 0 Å². The minimum absolute atomic E-state index is 1.27. The first-order valence-corrected chi connectivity index (χ1v) is 16.3. The maximum atomic E-state index is 6.96. The van der Waals surface area contributed by atoms with Gasteiger partial charge in [0.05, 0.1) is 0 Å². The molecular formula is C21H22Cl2PPd. The number of aryl methyl sites for hydroxylation is 3. The molecule has 3 aromatic carbocycles. The summed E-state index contributed by atoms with van der Waals surface area (Å²) in [6, 6.07) is 25.8. The van der Waals surface area contributed by atoms with E-state index in [4.69, 9.17) is 19.1 Å². The number of rotatable bonds is 4. The molecule has 0 unspecified atom stereocenters. The van der Waals surface area contributed by atoms with Gasteiger partial charge in [0, 0.05) is 0 Å². The molecule has 0 saturated carbocycles. The molecule has 0 amide bonds. The Morgan fingerprint density at radius 1 is 0.560 bits per heavy atom. The molecule has 0 aliphatic carbocycles. The van der Waals surface area contributed by atoms with Crippen LogP contribution < -0.4 is 15.9 Å². The van der Waals surface area contributed by atoms with E-state index < -0.39 is 19.7 Å². The third-order valence-electron chi connectivity index (χ3n) is 4.68. The molecular weight excluding hydrogens is 461 g/mol. The molecule has 0 aliphatic heterocycles. The van der Waals surface area contributed by atoms with Crippen LogP contribution >= 0.6 is 24.5 Å². The van der Waals surface area contributed by atoms with E-state index in [0.29, 0.717) is 0 Å². The van der Waals surface area contributed by atoms with Crippen molar-refractivity contribution in [3.63, 3.8) is 0 Å². The van der Waals surface area contributed by atoms with E-state index in [0.717, 1.165) is 0 Å². The molecule has 0 aromatic heterocycles. The first-order valence-electron chi connectivity index (χ1n) is 8.13. The van der Waals surface area contributed by atoms with Crippen LogP contribution in [0.2, 0.25) is 0 Å². The SMILES string of the molecule is Cc1ccccc1[PH](c1ccccc1C)(c1ccccc1C)[Pd]([Cl])[Cl]. The molecule has 0 atom stereocenters. The number of halogens is 2. The van der Waals surface area contributed by atoms with Gasteiger partial charge in [-0.25, -0.2) is 0 Å². The fourth-order valence-electron chi connectivity index (χ4n) is 3.45. The van der Waals surface area contributed by atoms with Crippen LogP contribution in [0.5, 0.6) is 0 Å². The van der Waals surface area contributed by atoms with E-state index in [1.54, 1.807) is 0 Å². The van der Waals surface area contributed by atoms with Crippen molar-refractivity contribution in [3.05, 3.63) is 89.5 Å². The van der Waals surface area contributed by atoms with Crippen LogP contribution in [-0.2, 0) is 14.2 Å². The van der Waals surface area contributed by atoms with Crippen molar-refractivity contribution in [2.75, 3.05) is 0 Å². The van der Waals surface area contributed by atoms with Crippen LogP contribution in [0.3, 0.4) is 0 Å². The second kappa shape index (κ2) is 7.92. The molecule has 0 nitrogen and oxygen atoms in total. The van der Waals surface area contributed by atoms with Gasteiger partial charge in [0.15, 0.2) is 0 Å². The summed E-state index contributed by atoms with van der Waals surface area (Å²) >= 11 is -1.84. The maximum absolute atomic E-state index is 6.96. The summed E-state index contributed by atoms with van der Waals surface area (Å²) in [6.07, 6.45) is 0. The van der Waals surface area contributed by atoms with Gasteiger partial charge >= 0.3 is 165 Å². The Morgan fingerprint density at radius 3 is 1.08 bits per heavy atom. The fourth-order valence-corrected chi connectivity index (χ4v) is 21.1. The molecule has 3 aromatic rings. The third kappa shape index (κ3) is 3.35. The Hall–Kier alpha value is -0.668.